The van der Waals surface area contributed by atoms with E-state index in [-0.39, 0.29) is 24.0 Å². The molecule has 4 rings (SSSR count). The Morgan fingerprint density at radius 2 is 1.64 bits per heavy atom. The van der Waals surface area contributed by atoms with E-state index in [9.17, 15) is 9.59 Å². The molecule has 2 aromatic carbocycles. The van der Waals surface area contributed by atoms with Gasteiger partial charge >= 0.3 is 0 Å². The molecule has 0 saturated carbocycles. The van der Waals surface area contributed by atoms with Crippen molar-refractivity contribution in [2.75, 3.05) is 13.1 Å². The van der Waals surface area contributed by atoms with Gasteiger partial charge in [0.1, 0.15) is 5.03 Å². The number of rotatable bonds is 6. The van der Waals surface area contributed by atoms with Crippen molar-refractivity contribution < 1.29 is 14.3 Å². The first kappa shape index (κ1) is 23.0. The summed E-state index contributed by atoms with van der Waals surface area (Å²) in [5.74, 6) is -0.128. The van der Waals surface area contributed by atoms with Gasteiger partial charge in [-0.25, -0.2) is 4.98 Å². The summed E-state index contributed by atoms with van der Waals surface area (Å²) < 4.78 is 5.71. The highest BCUT2D eigenvalue weighted by atomic mass is 32.2. The lowest BCUT2D eigenvalue weighted by Crippen LogP contribution is -2.48. The minimum absolute atomic E-state index is 0.0104. The monoisotopic (exact) mass is 461 g/mol. The van der Waals surface area contributed by atoms with Crippen LogP contribution in [0.3, 0.4) is 0 Å². The minimum Gasteiger partial charge on any atom is -0.372 e. The van der Waals surface area contributed by atoms with E-state index in [0.717, 1.165) is 15.5 Å². The van der Waals surface area contributed by atoms with Crippen LogP contribution in [-0.4, -0.2) is 47.0 Å². The highest BCUT2D eigenvalue weighted by molar-refractivity contribution is 7.99. The third-order valence-electron chi connectivity index (χ3n) is 5.34. The smallest absolute Gasteiger partial charge is 0.254 e. The number of hydrogen-bond acceptors (Lipinski definition) is 5. The molecular weight excluding hydrogens is 434 g/mol. The van der Waals surface area contributed by atoms with Gasteiger partial charge < -0.3 is 15.0 Å². The lowest BCUT2D eigenvalue weighted by Gasteiger charge is -2.35. The Bertz CT molecular complexity index is 1080. The molecule has 2 heterocycles. The Morgan fingerprint density at radius 1 is 0.970 bits per heavy atom. The molecule has 1 N–H and O–H groups in total. The number of nitrogens with zero attached hydrogens (tertiary/aromatic N) is 2. The summed E-state index contributed by atoms with van der Waals surface area (Å²) >= 11 is 1.55. The fourth-order valence-electron chi connectivity index (χ4n) is 3.78. The van der Waals surface area contributed by atoms with Gasteiger partial charge in [0.25, 0.3) is 11.8 Å². The van der Waals surface area contributed by atoms with E-state index in [2.05, 4.69) is 10.3 Å². The molecule has 2 unspecified atom stereocenters. The van der Waals surface area contributed by atoms with Gasteiger partial charge in [0, 0.05) is 41.9 Å². The number of ether oxygens (including phenoxy) is 1. The number of carbonyl (C=O) groups is 2. The van der Waals surface area contributed by atoms with Crippen molar-refractivity contribution in [3.63, 3.8) is 0 Å². The van der Waals surface area contributed by atoms with Crippen molar-refractivity contribution in [3.05, 3.63) is 89.6 Å². The molecule has 3 aromatic rings. The summed E-state index contributed by atoms with van der Waals surface area (Å²) in [6.07, 6.45) is 1.83. The average Bonchev–Trinajstić information content (AvgIpc) is 2.83. The second-order valence-electron chi connectivity index (χ2n) is 8.14. The fraction of sp³-hybridized carbons (Fsp3) is 0.269. The van der Waals surface area contributed by atoms with Gasteiger partial charge in [-0.2, -0.15) is 0 Å². The quantitative estimate of drug-likeness (QED) is 0.589. The number of hydrogen-bond donors (Lipinski definition) is 1. The Morgan fingerprint density at radius 3 is 2.27 bits per heavy atom. The first-order valence-electron chi connectivity index (χ1n) is 11.0. The highest BCUT2D eigenvalue weighted by Crippen LogP contribution is 2.25. The summed E-state index contributed by atoms with van der Waals surface area (Å²) in [6.45, 7) is 5.55. The Hall–Kier alpha value is -3.16. The maximum atomic E-state index is 12.8. The van der Waals surface area contributed by atoms with Crippen LogP contribution in [0, 0.1) is 0 Å². The molecular formula is C26H27N3O3S. The first-order valence-corrected chi connectivity index (χ1v) is 11.8. The second kappa shape index (κ2) is 10.6. The van der Waals surface area contributed by atoms with E-state index in [1.165, 1.54) is 0 Å². The van der Waals surface area contributed by atoms with E-state index in [1.54, 1.807) is 18.0 Å². The molecule has 1 saturated heterocycles. The molecule has 2 atom stereocenters. The molecule has 1 aromatic heterocycles. The zero-order chi connectivity index (χ0) is 23.2. The molecule has 2 amide bonds. The van der Waals surface area contributed by atoms with Crippen molar-refractivity contribution >= 4 is 23.6 Å². The summed E-state index contributed by atoms with van der Waals surface area (Å²) in [6, 6.07) is 20.6. The van der Waals surface area contributed by atoms with Crippen LogP contribution in [0.2, 0.25) is 0 Å². The average molecular weight is 462 g/mol. The van der Waals surface area contributed by atoms with E-state index in [0.29, 0.717) is 30.8 Å². The SMILES string of the molecule is CC1CN(C(=O)c2ccc(CNC(=O)c3ccc(Sc4ccccn4)cc3)cc2)CC(C)O1. The highest BCUT2D eigenvalue weighted by Gasteiger charge is 2.26. The molecule has 1 fully saturated rings. The standard InChI is InChI=1S/C26H27N3O3S/c1-18-16-29(17-19(2)32-18)26(31)22-8-6-20(7-9-22)15-28-25(30)21-10-12-23(13-11-21)33-24-5-3-4-14-27-24/h3-14,18-19H,15-17H2,1-2H3,(H,28,30). The Labute approximate surface area is 198 Å². The van der Waals surface area contributed by atoms with Crippen LogP contribution in [0.4, 0.5) is 0 Å². The molecule has 0 spiro atoms. The number of aromatic nitrogens is 1. The molecule has 0 radical (unpaired) electrons. The van der Waals surface area contributed by atoms with Crippen LogP contribution in [0.25, 0.3) is 0 Å². The minimum atomic E-state index is -0.138. The summed E-state index contributed by atoms with van der Waals surface area (Å²) in [7, 11) is 0. The second-order valence-corrected chi connectivity index (χ2v) is 9.24. The van der Waals surface area contributed by atoms with Gasteiger partial charge in [-0.1, -0.05) is 30.0 Å². The number of morpholine rings is 1. The van der Waals surface area contributed by atoms with Crippen LogP contribution < -0.4 is 5.32 Å². The van der Waals surface area contributed by atoms with Crippen molar-refractivity contribution in [1.82, 2.24) is 15.2 Å². The Kier molecular flexibility index (Phi) is 7.42. The van der Waals surface area contributed by atoms with Crippen molar-refractivity contribution in [3.8, 4) is 0 Å². The molecule has 0 aliphatic carbocycles. The van der Waals surface area contributed by atoms with E-state index in [4.69, 9.17) is 4.74 Å². The largest absolute Gasteiger partial charge is 0.372 e. The predicted octanol–water partition coefficient (Wildman–Crippen LogP) is 4.41. The van der Waals surface area contributed by atoms with Crippen molar-refractivity contribution in [2.24, 2.45) is 0 Å². The molecule has 1 aliphatic rings. The van der Waals surface area contributed by atoms with Gasteiger partial charge in [0.2, 0.25) is 0 Å². The number of nitrogens with one attached hydrogen (secondary N) is 1. The van der Waals surface area contributed by atoms with Gasteiger partial charge in [0.15, 0.2) is 0 Å². The van der Waals surface area contributed by atoms with Crippen LogP contribution >= 0.6 is 11.8 Å². The molecule has 6 nitrogen and oxygen atoms in total. The van der Waals surface area contributed by atoms with Crippen LogP contribution in [0.5, 0.6) is 0 Å². The summed E-state index contributed by atoms with van der Waals surface area (Å²) in [5.41, 5.74) is 2.18. The van der Waals surface area contributed by atoms with Crippen molar-refractivity contribution in [1.29, 1.82) is 0 Å². The topological polar surface area (TPSA) is 71.5 Å². The van der Waals surface area contributed by atoms with Gasteiger partial charge in [-0.15, -0.1) is 0 Å². The number of pyridine rings is 1. The van der Waals surface area contributed by atoms with Gasteiger partial charge in [-0.05, 0) is 67.9 Å². The molecule has 33 heavy (non-hydrogen) atoms. The first-order chi connectivity index (χ1) is 16.0. The Balaban J connectivity index is 1.30. The normalized spacial score (nSPS) is 18.1. The zero-order valence-corrected chi connectivity index (χ0v) is 19.5. The van der Waals surface area contributed by atoms with Gasteiger partial charge in [-0.3, -0.25) is 9.59 Å². The van der Waals surface area contributed by atoms with Crippen molar-refractivity contribution in [2.45, 2.75) is 42.5 Å². The van der Waals surface area contributed by atoms with E-state index in [1.807, 2.05) is 85.5 Å². The predicted molar refractivity (Wildman–Crippen MR) is 128 cm³/mol. The molecule has 1 aliphatic heterocycles. The van der Waals surface area contributed by atoms with E-state index >= 15 is 0 Å². The maximum absolute atomic E-state index is 12.8. The lowest BCUT2D eigenvalue weighted by atomic mass is 10.1. The maximum Gasteiger partial charge on any atom is 0.254 e. The van der Waals surface area contributed by atoms with Gasteiger partial charge in [0.05, 0.1) is 12.2 Å². The fourth-order valence-corrected chi connectivity index (χ4v) is 4.55. The van der Waals surface area contributed by atoms with E-state index < -0.39 is 0 Å². The van der Waals surface area contributed by atoms with Crippen LogP contribution in [-0.2, 0) is 11.3 Å². The van der Waals surface area contributed by atoms with Crippen LogP contribution in [0.1, 0.15) is 40.1 Å². The molecule has 170 valence electrons. The lowest BCUT2D eigenvalue weighted by molar-refractivity contribution is -0.0586. The summed E-state index contributed by atoms with van der Waals surface area (Å²) in [4.78, 5) is 32.5. The third kappa shape index (κ3) is 6.21. The molecule has 0 bridgehead atoms. The number of amides is 2. The number of carbonyl (C=O) groups excluding carboxylic acids is 2. The third-order valence-corrected chi connectivity index (χ3v) is 6.30. The summed E-state index contributed by atoms with van der Waals surface area (Å²) in [5, 5.41) is 3.85. The van der Waals surface area contributed by atoms with Crippen LogP contribution in [0.15, 0.2) is 82.8 Å². The number of benzene rings is 2. The zero-order valence-electron chi connectivity index (χ0n) is 18.7. The molecule has 7 heteroatoms.